The van der Waals surface area contributed by atoms with Gasteiger partial charge in [-0.2, -0.15) is 0 Å². The van der Waals surface area contributed by atoms with Crippen molar-refractivity contribution < 1.29 is 18.7 Å². The summed E-state index contributed by atoms with van der Waals surface area (Å²) in [4.78, 5) is 14.4. The maximum atomic E-state index is 14.1. The monoisotopic (exact) mass is 345 g/mol. The predicted octanol–water partition coefficient (Wildman–Crippen LogP) is 3.48. The number of β-amino-alcohol motifs (C(OH)–C–C–N with tert-alkyl or cyclic N) is 1. The zero-order chi connectivity index (χ0) is 18.0. The molecule has 3 unspecified atom stereocenters. The molecule has 0 saturated carbocycles. The van der Waals surface area contributed by atoms with Crippen molar-refractivity contribution in [2.45, 2.75) is 31.9 Å². The van der Waals surface area contributed by atoms with E-state index in [1.54, 1.807) is 0 Å². The van der Waals surface area contributed by atoms with Gasteiger partial charge in [-0.3, -0.25) is 4.79 Å². The Morgan fingerprint density at radius 1 is 1.24 bits per heavy atom. The number of hydrogen-bond donors (Lipinski definition) is 1. The fourth-order valence-corrected chi connectivity index (χ4v) is 3.46. The molecule has 2 aromatic rings. The van der Waals surface area contributed by atoms with E-state index in [0.717, 1.165) is 23.8 Å². The van der Waals surface area contributed by atoms with Crippen LogP contribution in [0.5, 0.6) is 0 Å². The van der Waals surface area contributed by atoms with Gasteiger partial charge in [0.1, 0.15) is 11.6 Å². The lowest BCUT2D eigenvalue weighted by atomic mass is 9.98. The van der Waals surface area contributed by atoms with Crippen molar-refractivity contribution in [3.05, 3.63) is 71.3 Å². The normalized spacial score (nSPS) is 21.4. The highest BCUT2D eigenvalue weighted by Gasteiger charge is 2.38. The zero-order valence-corrected chi connectivity index (χ0v) is 14.0. The molecule has 25 heavy (non-hydrogen) atoms. The molecule has 1 heterocycles. The molecule has 1 saturated heterocycles. The molecule has 1 aliphatic rings. The molecular formula is C20H21F2NO2. The molecule has 0 aromatic heterocycles. The first-order chi connectivity index (χ1) is 12.0. The third-order valence-electron chi connectivity index (χ3n) is 4.69. The van der Waals surface area contributed by atoms with E-state index in [2.05, 4.69) is 0 Å². The Bertz CT molecular complexity index is 751. The summed E-state index contributed by atoms with van der Waals surface area (Å²) in [5.74, 6) is -1.59. The molecule has 1 fully saturated rings. The summed E-state index contributed by atoms with van der Waals surface area (Å²) in [5.41, 5.74) is 1.16. The first-order valence-corrected chi connectivity index (χ1v) is 8.43. The van der Waals surface area contributed by atoms with Crippen molar-refractivity contribution in [2.75, 3.05) is 6.54 Å². The van der Waals surface area contributed by atoms with Crippen LogP contribution in [-0.2, 0) is 11.2 Å². The molecule has 0 spiro atoms. The van der Waals surface area contributed by atoms with E-state index in [1.165, 1.54) is 4.90 Å². The van der Waals surface area contributed by atoms with Gasteiger partial charge in [0.2, 0.25) is 5.91 Å². The summed E-state index contributed by atoms with van der Waals surface area (Å²) in [7, 11) is 0. The Balaban J connectivity index is 1.81. The Hall–Kier alpha value is -2.27. The minimum Gasteiger partial charge on any atom is -0.391 e. The van der Waals surface area contributed by atoms with Crippen LogP contribution in [-0.4, -0.2) is 28.6 Å². The van der Waals surface area contributed by atoms with Crippen molar-refractivity contribution in [3.63, 3.8) is 0 Å². The Morgan fingerprint density at radius 3 is 2.68 bits per heavy atom. The van der Waals surface area contributed by atoms with Gasteiger partial charge in [-0.1, -0.05) is 37.3 Å². The maximum Gasteiger partial charge on any atom is 0.226 e. The molecule has 3 nitrogen and oxygen atoms in total. The molecule has 2 aromatic carbocycles. The second kappa shape index (κ2) is 7.31. The second-order valence-corrected chi connectivity index (χ2v) is 6.65. The molecule has 0 bridgehead atoms. The van der Waals surface area contributed by atoms with Crippen LogP contribution in [0, 0.1) is 17.6 Å². The summed E-state index contributed by atoms with van der Waals surface area (Å²) in [5, 5.41) is 10.0. The molecule has 0 aliphatic carbocycles. The molecule has 3 rings (SSSR count). The number of rotatable bonds is 4. The summed E-state index contributed by atoms with van der Waals surface area (Å²) in [6.45, 7) is 1.96. The highest BCUT2D eigenvalue weighted by atomic mass is 19.1. The molecule has 132 valence electrons. The average Bonchev–Trinajstić information content (AvgIpc) is 2.98. The number of amides is 1. The van der Waals surface area contributed by atoms with Gasteiger partial charge in [-0.15, -0.1) is 0 Å². The number of hydrogen-bond acceptors (Lipinski definition) is 2. The Labute approximate surface area is 145 Å². The van der Waals surface area contributed by atoms with Crippen LogP contribution in [0.4, 0.5) is 8.78 Å². The van der Waals surface area contributed by atoms with E-state index in [0.29, 0.717) is 6.42 Å². The summed E-state index contributed by atoms with van der Waals surface area (Å²) >= 11 is 0. The van der Waals surface area contributed by atoms with Gasteiger partial charge in [0.15, 0.2) is 0 Å². The minimum absolute atomic E-state index is 0.122. The third-order valence-corrected chi connectivity index (χ3v) is 4.69. The van der Waals surface area contributed by atoms with Gasteiger partial charge < -0.3 is 10.0 Å². The van der Waals surface area contributed by atoms with Crippen LogP contribution in [0.2, 0.25) is 0 Å². The number of likely N-dealkylation sites (tertiary alicyclic amines) is 1. The smallest absolute Gasteiger partial charge is 0.226 e. The number of benzene rings is 2. The van der Waals surface area contributed by atoms with Crippen LogP contribution in [0.3, 0.4) is 0 Å². The topological polar surface area (TPSA) is 40.5 Å². The molecule has 1 amide bonds. The average molecular weight is 345 g/mol. The van der Waals surface area contributed by atoms with E-state index < -0.39 is 23.8 Å². The lowest BCUT2D eigenvalue weighted by Crippen LogP contribution is -2.36. The molecule has 1 N–H and O–H groups in total. The van der Waals surface area contributed by atoms with Gasteiger partial charge >= 0.3 is 0 Å². The molecule has 5 heteroatoms. The van der Waals surface area contributed by atoms with E-state index in [4.69, 9.17) is 0 Å². The lowest BCUT2D eigenvalue weighted by molar-refractivity contribution is -0.136. The van der Waals surface area contributed by atoms with Crippen LogP contribution < -0.4 is 0 Å². The molecule has 1 aliphatic heterocycles. The summed E-state index contributed by atoms with van der Waals surface area (Å²) in [6, 6.07) is 12.2. The molecular weight excluding hydrogens is 324 g/mol. The zero-order valence-electron chi connectivity index (χ0n) is 14.0. The quantitative estimate of drug-likeness (QED) is 0.922. The molecule has 0 radical (unpaired) electrons. The summed E-state index contributed by atoms with van der Waals surface area (Å²) < 4.78 is 27.7. The highest BCUT2D eigenvalue weighted by molar-refractivity contribution is 5.79. The van der Waals surface area contributed by atoms with Crippen molar-refractivity contribution in [2.24, 2.45) is 5.92 Å². The van der Waals surface area contributed by atoms with Crippen LogP contribution in [0.25, 0.3) is 0 Å². The first-order valence-electron chi connectivity index (χ1n) is 8.43. The Kier molecular flexibility index (Phi) is 5.13. The Morgan fingerprint density at radius 2 is 1.96 bits per heavy atom. The summed E-state index contributed by atoms with van der Waals surface area (Å²) in [6.07, 6.45) is 0.0370. The van der Waals surface area contributed by atoms with E-state index >= 15 is 0 Å². The second-order valence-electron chi connectivity index (χ2n) is 6.65. The van der Waals surface area contributed by atoms with Gasteiger partial charge in [0.05, 0.1) is 12.1 Å². The number of aliphatic hydroxyl groups is 1. The van der Waals surface area contributed by atoms with Crippen molar-refractivity contribution in [3.8, 4) is 0 Å². The maximum absolute atomic E-state index is 14.1. The van der Waals surface area contributed by atoms with Crippen molar-refractivity contribution in [1.82, 2.24) is 4.90 Å². The van der Waals surface area contributed by atoms with Crippen LogP contribution >= 0.6 is 0 Å². The standard InChI is InChI=1S/C20H21F2NO2/c1-13(9-14-5-3-2-4-6-14)20(25)23-12-16(24)11-19(23)17-10-15(21)7-8-18(17)22/h2-8,10,13,16,19,24H,9,11-12H2,1H3. The van der Waals surface area contributed by atoms with Gasteiger partial charge in [0.25, 0.3) is 0 Å². The van der Waals surface area contributed by atoms with E-state index in [9.17, 15) is 18.7 Å². The minimum atomic E-state index is -0.736. The SMILES string of the molecule is CC(Cc1ccccc1)C(=O)N1CC(O)CC1c1cc(F)ccc1F. The number of nitrogens with zero attached hydrogens (tertiary/aromatic N) is 1. The van der Waals surface area contributed by atoms with Crippen LogP contribution in [0.1, 0.15) is 30.5 Å². The predicted molar refractivity (Wildman–Crippen MR) is 90.7 cm³/mol. The van der Waals surface area contributed by atoms with Gasteiger partial charge in [-0.25, -0.2) is 8.78 Å². The van der Waals surface area contributed by atoms with Crippen LogP contribution in [0.15, 0.2) is 48.5 Å². The van der Waals surface area contributed by atoms with Gasteiger partial charge in [-0.05, 0) is 36.6 Å². The fraction of sp³-hybridized carbons (Fsp3) is 0.350. The number of halogens is 2. The fourth-order valence-electron chi connectivity index (χ4n) is 3.46. The van der Waals surface area contributed by atoms with Crippen molar-refractivity contribution >= 4 is 5.91 Å². The van der Waals surface area contributed by atoms with Gasteiger partial charge in [0, 0.05) is 18.0 Å². The van der Waals surface area contributed by atoms with E-state index in [1.807, 2.05) is 37.3 Å². The largest absolute Gasteiger partial charge is 0.391 e. The highest BCUT2D eigenvalue weighted by Crippen LogP contribution is 2.35. The van der Waals surface area contributed by atoms with Crippen molar-refractivity contribution in [1.29, 1.82) is 0 Å². The number of aliphatic hydroxyl groups excluding tert-OH is 1. The number of carbonyl (C=O) groups is 1. The third kappa shape index (κ3) is 3.87. The van der Waals surface area contributed by atoms with E-state index in [-0.39, 0.29) is 30.4 Å². The number of carbonyl (C=O) groups excluding carboxylic acids is 1. The first kappa shape index (κ1) is 17.5. The molecule has 3 atom stereocenters. The lowest BCUT2D eigenvalue weighted by Gasteiger charge is -2.28.